The molecule has 5 nitrogen and oxygen atoms in total. The number of piperidine rings is 2. The summed E-state index contributed by atoms with van der Waals surface area (Å²) in [7, 11) is 1.70. The minimum atomic E-state index is -0.444. The fourth-order valence-corrected chi connectivity index (χ4v) is 6.41. The molecule has 1 aromatic rings. The van der Waals surface area contributed by atoms with Crippen LogP contribution in [0.1, 0.15) is 57.9 Å². The highest BCUT2D eigenvalue weighted by atomic mass is 19.1. The molecule has 3 unspecified atom stereocenters. The Morgan fingerprint density at radius 3 is 2.62 bits per heavy atom. The van der Waals surface area contributed by atoms with Crippen molar-refractivity contribution in [3.05, 3.63) is 29.6 Å². The third-order valence-corrected chi connectivity index (χ3v) is 7.31. The Labute approximate surface area is 171 Å². The lowest BCUT2D eigenvalue weighted by atomic mass is 9.50. The second-order valence-electron chi connectivity index (χ2n) is 9.74. The molecule has 2 aliphatic carbocycles. The van der Waals surface area contributed by atoms with E-state index >= 15 is 0 Å². The maximum absolute atomic E-state index is 14.4. The molecule has 2 heterocycles. The van der Waals surface area contributed by atoms with Gasteiger partial charge in [0, 0.05) is 42.9 Å². The first kappa shape index (κ1) is 19.9. The lowest BCUT2D eigenvalue weighted by molar-refractivity contribution is -0.163. The number of benzene rings is 1. The molecule has 5 rings (SSSR count). The van der Waals surface area contributed by atoms with E-state index in [-0.39, 0.29) is 52.4 Å². The molecule has 0 aromatic heterocycles. The standard InChI is InChI=1S/C23H29FN4O/c1-14(21(26)20-17(24)5-4-6-18(20)27-3)7-19(29)28-15-8-22(2)9-16(28)11-23(10-15,12-22)13-25/h4-6,14-16,26-27H,7-12H2,1-3H3. The molecular weight excluding hydrogens is 367 g/mol. The van der Waals surface area contributed by atoms with Crippen LogP contribution in [0.25, 0.3) is 0 Å². The second kappa shape index (κ2) is 6.83. The van der Waals surface area contributed by atoms with Crippen molar-refractivity contribution >= 4 is 17.3 Å². The van der Waals surface area contributed by atoms with Crippen molar-refractivity contribution in [1.82, 2.24) is 4.90 Å². The summed E-state index contributed by atoms with van der Waals surface area (Å²) in [5, 5.41) is 21.2. The number of carbonyl (C=O) groups excluding carboxylic acids is 1. The highest BCUT2D eigenvalue weighted by Gasteiger charge is 2.60. The van der Waals surface area contributed by atoms with Gasteiger partial charge in [0.15, 0.2) is 0 Å². The number of nitrogens with one attached hydrogen (secondary N) is 2. The van der Waals surface area contributed by atoms with E-state index in [2.05, 4.69) is 18.3 Å². The predicted octanol–water partition coefficient (Wildman–Crippen LogP) is 4.33. The van der Waals surface area contributed by atoms with Crippen LogP contribution in [-0.2, 0) is 4.79 Å². The monoisotopic (exact) mass is 396 g/mol. The van der Waals surface area contributed by atoms with Crippen LogP contribution in [0.2, 0.25) is 0 Å². The normalized spacial score (nSPS) is 33.3. The molecular formula is C23H29FN4O. The van der Waals surface area contributed by atoms with Crippen molar-refractivity contribution in [2.45, 2.75) is 64.5 Å². The van der Waals surface area contributed by atoms with E-state index in [1.165, 1.54) is 6.07 Å². The van der Waals surface area contributed by atoms with Gasteiger partial charge in [-0.25, -0.2) is 4.39 Å². The summed E-state index contributed by atoms with van der Waals surface area (Å²) in [6.45, 7) is 4.08. The first-order valence-corrected chi connectivity index (χ1v) is 10.5. The average Bonchev–Trinajstić information content (AvgIpc) is 2.65. The number of nitriles is 1. The smallest absolute Gasteiger partial charge is 0.223 e. The maximum Gasteiger partial charge on any atom is 0.223 e. The zero-order valence-corrected chi connectivity index (χ0v) is 17.4. The molecule has 4 aliphatic rings. The number of anilines is 1. The molecule has 1 amide bonds. The van der Waals surface area contributed by atoms with Crippen LogP contribution in [-0.4, -0.2) is 35.7 Å². The van der Waals surface area contributed by atoms with Gasteiger partial charge in [-0.15, -0.1) is 0 Å². The summed E-state index contributed by atoms with van der Waals surface area (Å²) < 4.78 is 14.4. The average molecular weight is 397 g/mol. The number of rotatable bonds is 5. The molecule has 29 heavy (non-hydrogen) atoms. The van der Waals surface area contributed by atoms with Gasteiger partial charge in [0.25, 0.3) is 0 Å². The van der Waals surface area contributed by atoms with Gasteiger partial charge < -0.3 is 15.6 Å². The minimum absolute atomic E-state index is 0.0371. The lowest BCUT2D eigenvalue weighted by Gasteiger charge is -2.63. The third-order valence-electron chi connectivity index (χ3n) is 7.31. The molecule has 3 atom stereocenters. The van der Waals surface area contributed by atoms with Crippen LogP contribution in [0.15, 0.2) is 18.2 Å². The Morgan fingerprint density at radius 2 is 2.03 bits per heavy atom. The van der Waals surface area contributed by atoms with Gasteiger partial charge in [-0.05, 0) is 49.7 Å². The molecule has 2 saturated heterocycles. The van der Waals surface area contributed by atoms with Gasteiger partial charge in [0.1, 0.15) is 5.82 Å². The van der Waals surface area contributed by atoms with Crippen molar-refractivity contribution in [2.24, 2.45) is 16.7 Å². The Bertz CT molecular complexity index is 889. The Kier molecular flexibility index (Phi) is 4.68. The number of nitrogens with zero attached hydrogens (tertiary/aromatic N) is 2. The van der Waals surface area contributed by atoms with Crippen molar-refractivity contribution in [3.8, 4) is 6.07 Å². The van der Waals surface area contributed by atoms with E-state index < -0.39 is 5.82 Å². The van der Waals surface area contributed by atoms with Gasteiger partial charge >= 0.3 is 0 Å². The summed E-state index contributed by atoms with van der Waals surface area (Å²) in [6.07, 6.45) is 4.60. The SMILES string of the molecule is CNc1cccc(F)c1C(=N)C(C)CC(=O)N1C2CC3(C)CC1CC(C#N)(C2)C3. The summed E-state index contributed by atoms with van der Waals surface area (Å²) in [4.78, 5) is 15.3. The van der Waals surface area contributed by atoms with Gasteiger partial charge in [-0.1, -0.05) is 19.9 Å². The highest BCUT2D eigenvalue weighted by molar-refractivity contribution is 6.05. The van der Waals surface area contributed by atoms with Crippen LogP contribution in [0.5, 0.6) is 0 Å². The number of amides is 1. The fraction of sp³-hybridized carbons (Fsp3) is 0.609. The summed E-state index contributed by atoms with van der Waals surface area (Å²) in [5.74, 6) is -0.792. The summed E-state index contributed by atoms with van der Waals surface area (Å²) in [5.41, 5.74) is 0.835. The number of hydrogen-bond acceptors (Lipinski definition) is 4. The largest absolute Gasteiger partial charge is 0.387 e. The molecule has 6 heteroatoms. The molecule has 154 valence electrons. The molecule has 4 bridgehead atoms. The summed E-state index contributed by atoms with van der Waals surface area (Å²) in [6, 6.07) is 7.52. The predicted molar refractivity (Wildman–Crippen MR) is 110 cm³/mol. The first-order valence-electron chi connectivity index (χ1n) is 10.5. The van der Waals surface area contributed by atoms with Gasteiger partial charge in [-0.2, -0.15) is 5.26 Å². The number of hydrogen-bond donors (Lipinski definition) is 2. The third kappa shape index (κ3) is 3.21. The topological polar surface area (TPSA) is 80.0 Å². The number of halogens is 1. The molecule has 2 N–H and O–H groups in total. The molecule has 1 aromatic carbocycles. The van der Waals surface area contributed by atoms with Crippen LogP contribution < -0.4 is 5.32 Å². The molecule has 2 saturated carbocycles. The minimum Gasteiger partial charge on any atom is -0.387 e. The quantitative estimate of drug-likeness (QED) is 0.727. The Morgan fingerprint density at radius 1 is 1.38 bits per heavy atom. The summed E-state index contributed by atoms with van der Waals surface area (Å²) >= 11 is 0. The maximum atomic E-state index is 14.4. The van der Waals surface area contributed by atoms with Crippen molar-refractivity contribution < 1.29 is 9.18 Å². The van der Waals surface area contributed by atoms with Crippen LogP contribution in [0.4, 0.5) is 10.1 Å². The molecule has 2 aliphatic heterocycles. The Balaban J connectivity index is 1.51. The van der Waals surface area contributed by atoms with Crippen molar-refractivity contribution in [2.75, 3.05) is 12.4 Å². The van der Waals surface area contributed by atoms with E-state index in [4.69, 9.17) is 5.41 Å². The van der Waals surface area contributed by atoms with Crippen molar-refractivity contribution in [3.63, 3.8) is 0 Å². The van der Waals surface area contributed by atoms with E-state index in [9.17, 15) is 14.4 Å². The molecule has 0 spiro atoms. The number of carbonyl (C=O) groups is 1. The van der Waals surface area contributed by atoms with Crippen LogP contribution >= 0.6 is 0 Å². The van der Waals surface area contributed by atoms with Gasteiger partial charge in [-0.3, -0.25) is 4.79 Å². The Hall–Kier alpha value is -2.42. The van der Waals surface area contributed by atoms with Gasteiger partial charge in [0.2, 0.25) is 5.91 Å². The van der Waals surface area contributed by atoms with E-state index in [1.807, 2.05) is 11.8 Å². The molecule has 0 radical (unpaired) electrons. The van der Waals surface area contributed by atoms with Gasteiger partial charge in [0.05, 0.1) is 17.0 Å². The fourth-order valence-electron chi connectivity index (χ4n) is 6.41. The highest BCUT2D eigenvalue weighted by Crippen LogP contribution is 2.61. The van der Waals surface area contributed by atoms with E-state index in [1.54, 1.807) is 19.2 Å². The van der Waals surface area contributed by atoms with Crippen molar-refractivity contribution in [1.29, 1.82) is 10.7 Å². The van der Waals surface area contributed by atoms with Crippen LogP contribution in [0, 0.1) is 39.3 Å². The first-order chi connectivity index (χ1) is 13.7. The molecule has 4 fully saturated rings. The van der Waals surface area contributed by atoms with Crippen LogP contribution in [0.3, 0.4) is 0 Å². The van der Waals surface area contributed by atoms with E-state index in [0.29, 0.717) is 5.69 Å². The zero-order valence-electron chi connectivity index (χ0n) is 17.4. The lowest BCUT2D eigenvalue weighted by Crippen LogP contribution is -2.65. The zero-order chi connectivity index (χ0) is 21.0. The van der Waals surface area contributed by atoms with E-state index in [0.717, 1.165) is 32.1 Å². The second-order valence-corrected chi connectivity index (χ2v) is 9.74.